The van der Waals surface area contributed by atoms with Gasteiger partial charge in [0.1, 0.15) is 5.75 Å². The highest BCUT2D eigenvalue weighted by molar-refractivity contribution is 5.64. The van der Waals surface area contributed by atoms with Crippen LogP contribution in [0, 0.1) is 6.92 Å². The first-order valence-electron chi connectivity index (χ1n) is 7.31. The SMILES string of the molecule is Cc1cnc(Nc2cccc3c2CCO3)nc1C(C)(C)C. The summed E-state index contributed by atoms with van der Waals surface area (Å²) in [4.78, 5) is 9.11. The lowest BCUT2D eigenvalue weighted by Crippen LogP contribution is -2.17. The molecule has 2 heterocycles. The van der Waals surface area contributed by atoms with E-state index in [1.807, 2.05) is 24.4 Å². The van der Waals surface area contributed by atoms with Crippen molar-refractivity contribution in [2.75, 3.05) is 11.9 Å². The van der Waals surface area contributed by atoms with Crippen molar-refractivity contribution in [1.29, 1.82) is 0 Å². The molecule has 1 aromatic heterocycles. The predicted octanol–water partition coefficient (Wildman–Crippen LogP) is 3.76. The molecule has 0 radical (unpaired) electrons. The molecule has 0 atom stereocenters. The highest BCUT2D eigenvalue weighted by atomic mass is 16.5. The van der Waals surface area contributed by atoms with Crippen LogP contribution in [0.1, 0.15) is 37.6 Å². The molecule has 0 saturated carbocycles. The molecule has 0 saturated heterocycles. The number of aromatic nitrogens is 2. The highest BCUT2D eigenvalue weighted by Gasteiger charge is 2.20. The van der Waals surface area contributed by atoms with Gasteiger partial charge >= 0.3 is 0 Å². The second-order valence-electron chi connectivity index (χ2n) is 6.48. The number of rotatable bonds is 2. The van der Waals surface area contributed by atoms with Crippen molar-refractivity contribution in [3.8, 4) is 5.75 Å². The Morgan fingerprint density at radius 1 is 1.24 bits per heavy atom. The molecule has 3 rings (SSSR count). The van der Waals surface area contributed by atoms with Crippen LogP contribution in [0.5, 0.6) is 5.75 Å². The monoisotopic (exact) mass is 283 g/mol. The first-order chi connectivity index (χ1) is 9.95. The summed E-state index contributed by atoms with van der Waals surface area (Å²) >= 11 is 0. The molecule has 2 aromatic rings. The summed E-state index contributed by atoms with van der Waals surface area (Å²) in [7, 11) is 0. The smallest absolute Gasteiger partial charge is 0.227 e. The maximum Gasteiger partial charge on any atom is 0.227 e. The number of anilines is 2. The second-order valence-corrected chi connectivity index (χ2v) is 6.48. The predicted molar refractivity (Wildman–Crippen MR) is 84.4 cm³/mol. The van der Waals surface area contributed by atoms with Gasteiger partial charge in [0.2, 0.25) is 5.95 Å². The van der Waals surface area contributed by atoms with E-state index < -0.39 is 0 Å². The molecule has 1 aliphatic heterocycles. The van der Waals surface area contributed by atoms with Gasteiger partial charge in [0, 0.05) is 29.3 Å². The van der Waals surface area contributed by atoms with E-state index in [1.54, 1.807) is 0 Å². The second kappa shape index (κ2) is 5.02. The van der Waals surface area contributed by atoms with Crippen molar-refractivity contribution in [1.82, 2.24) is 9.97 Å². The van der Waals surface area contributed by atoms with E-state index in [4.69, 9.17) is 9.72 Å². The minimum atomic E-state index is 0.00516. The Labute approximate surface area is 125 Å². The van der Waals surface area contributed by atoms with Gasteiger partial charge in [0.15, 0.2) is 0 Å². The van der Waals surface area contributed by atoms with E-state index in [0.29, 0.717) is 5.95 Å². The molecule has 0 fully saturated rings. The Kier molecular flexibility index (Phi) is 3.32. The fraction of sp³-hybridized carbons (Fsp3) is 0.412. The summed E-state index contributed by atoms with van der Waals surface area (Å²) in [6.45, 7) is 9.30. The minimum absolute atomic E-state index is 0.00516. The van der Waals surface area contributed by atoms with Gasteiger partial charge < -0.3 is 10.1 Å². The van der Waals surface area contributed by atoms with Gasteiger partial charge in [-0.05, 0) is 24.6 Å². The average molecular weight is 283 g/mol. The number of nitrogens with zero attached hydrogens (tertiary/aromatic N) is 2. The quantitative estimate of drug-likeness (QED) is 0.911. The molecular formula is C17H21N3O. The van der Waals surface area contributed by atoms with Gasteiger partial charge in [-0.25, -0.2) is 9.97 Å². The Morgan fingerprint density at radius 2 is 2.05 bits per heavy atom. The average Bonchev–Trinajstić information content (AvgIpc) is 2.89. The third-order valence-corrected chi connectivity index (χ3v) is 3.67. The summed E-state index contributed by atoms with van der Waals surface area (Å²) in [6.07, 6.45) is 2.81. The van der Waals surface area contributed by atoms with Crippen molar-refractivity contribution in [2.45, 2.75) is 39.5 Å². The Bertz CT molecular complexity index is 674. The first-order valence-corrected chi connectivity index (χ1v) is 7.31. The van der Waals surface area contributed by atoms with E-state index in [0.717, 1.165) is 35.7 Å². The van der Waals surface area contributed by atoms with E-state index in [1.165, 1.54) is 5.56 Å². The Morgan fingerprint density at radius 3 is 2.81 bits per heavy atom. The van der Waals surface area contributed by atoms with Crippen molar-refractivity contribution in [3.05, 3.63) is 41.2 Å². The molecule has 4 nitrogen and oxygen atoms in total. The molecule has 0 unspecified atom stereocenters. The van der Waals surface area contributed by atoms with Crippen molar-refractivity contribution < 1.29 is 4.74 Å². The number of hydrogen-bond donors (Lipinski definition) is 1. The number of benzene rings is 1. The molecule has 1 aliphatic rings. The summed E-state index contributed by atoms with van der Waals surface area (Å²) in [5.74, 6) is 1.61. The lowest BCUT2D eigenvalue weighted by Gasteiger charge is -2.21. The minimum Gasteiger partial charge on any atom is -0.493 e. The third-order valence-electron chi connectivity index (χ3n) is 3.67. The molecule has 1 N–H and O–H groups in total. The van der Waals surface area contributed by atoms with E-state index in [-0.39, 0.29) is 5.41 Å². The summed E-state index contributed by atoms with van der Waals surface area (Å²) in [5.41, 5.74) is 4.44. The largest absolute Gasteiger partial charge is 0.493 e. The van der Waals surface area contributed by atoms with E-state index >= 15 is 0 Å². The Balaban J connectivity index is 1.95. The van der Waals surface area contributed by atoms with Crippen LogP contribution in [0.15, 0.2) is 24.4 Å². The third kappa shape index (κ3) is 2.71. The van der Waals surface area contributed by atoms with Gasteiger partial charge in [-0.15, -0.1) is 0 Å². The fourth-order valence-electron chi connectivity index (χ4n) is 2.72. The van der Waals surface area contributed by atoms with Gasteiger partial charge in [-0.3, -0.25) is 0 Å². The normalized spacial score (nSPS) is 13.7. The number of nitrogens with one attached hydrogen (secondary N) is 1. The topological polar surface area (TPSA) is 47.0 Å². The van der Waals surface area contributed by atoms with Crippen LogP contribution in [0.3, 0.4) is 0 Å². The van der Waals surface area contributed by atoms with E-state index in [2.05, 4.69) is 38.0 Å². The molecule has 0 spiro atoms. The molecule has 21 heavy (non-hydrogen) atoms. The molecule has 1 aromatic carbocycles. The van der Waals surface area contributed by atoms with Crippen molar-refractivity contribution in [3.63, 3.8) is 0 Å². The van der Waals surface area contributed by atoms with Gasteiger partial charge in [-0.1, -0.05) is 26.8 Å². The fourth-order valence-corrected chi connectivity index (χ4v) is 2.72. The molecule has 0 bridgehead atoms. The molecule has 110 valence electrons. The molecular weight excluding hydrogens is 262 g/mol. The van der Waals surface area contributed by atoms with Crippen LogP contribution >= 0.6 is 0 Å². The maximum absolute atomic E-state index is 5.59. The highest BCUT2D eigenvalue weighted by Crippen LogP contribution is 2.33. The van der Waals surface area contributed by atoms with Gasteiger partial charge in [0.25, 0.3) is 0 Å². The van der Waals surface area contributed by atoms with Crippen LogP contribution < -0.4 is 10.1 Å². The zero-order valence-electron chi connectivity index (χ0n) is 13.0. The van der Waals surface area contributed by atoms with Crippen LogP contribution in [-0.2, 0) is 11.8 Å². The maximum atomic E-state index is 5.59. The van der Waals surface area contributed by atoms with Gasteiger partial charge in [0.05, 0.1) is 12.3 Å². The van der Waals surface area contributed by atoms with Crippen LogP contribution in [0.4, 0.5) is 11.6 Å². The standard InChI is InChI=1S/C17H21N3O/c1-11-10-18-16(20-15(11)17(2,3)4)19-13-6-5-7-14-12(13)8-9-21-14/h5-7,10H,8-9H2,1-4H3,(H,18,19,20). The Hall–Kier alpha value is -2.10. The van der Waals surface area contributed by atoms with Crippen molar-refractivity contribution >= 4 is 11.6 Å². The molecule has 4 heteroatoms. The van der Waals surface area contributed by atoms with Crippen LogP contribution in [0.25, 0.3) is 0 Å². The lowest BCUT2D eigenvalue weighted by atomic mass is 9.89. The zero-order valence-corrected chi connectivity index (χ0v) is 13.0. The zero-order chi connectivity index (χ0) is 15.0. The number of ether oxygens (including phenoxy) is 1. The van der Waals surface area contributed by atoms with Crippen LogP contribution in [-0.4, -0.2) is 16.6 Å². The van der Waals surface area contributed by atoms with E-state index in [9.17, 15) is 0 Å². The molecule has 0 aliphatic carbocycles. The summed E-state index contributed by atoms with van der Waals surface area (Å²) in [6, 6.07) is 6.04. The first kappa shape index (κ1) is 13.9. The number of fused-ring (bicyclic) bond motifs is 1. The van der Waals surface area contributed by atoms with Crippen LogP contribution in [0.2, 0.25) is 0 Å². The number of aryl methyl sites for hydroxylation is 1. The lowest BCUT2D eigenvalue weighted by molar-refractivity contribution is 0.357. The van der Waals surface area contributed by atoms with Crippen molar-refractivity contribution in [2.24, 2.45) is 0 Å². The molecule has 0 amide bonds. The van der Waals surface area contributed by atoms with Gasteiger partial charge in [-0.2, -0.15) is 0 Å². The number of hydrogen-bond acceptors (Lipinski definition) is 4. The summed E-state index contributed by atoms with van der Waals surface area (Å²) < 4.78 is 5.59. The summed E-state index contributed by atoms with van der Waals surface area (Å²) in [5, 5.41) is 3.34.